The van der Waals surface area contributed by atoms with Gasteiger partial charge in [0, 0.05) is 11.3 Å². The third-order valence-corrected chi connectivity index (χ3v) is 3.60. The minimum absolute atomic E-state index is 0.277. The number of hydrogen-bond donors (Lipinski definition) is 1. The van der Waals surface area contributed by atoms with Crippen LogP contribution in [0.2, 0.25) is 0 Å². The maximum Gasteiger partial charge on any atom is 0.150 e. The molecule has 3 rings (SSSR count). The van der Waals surface area contributed by atoms with E-state index in [0.29, 0.717) is 11.2 Å². The number of aromatic nitrogens is 1. The number of para-hydroxylation sites is 1. The molecule has 3 aromatic rings. The van der Waals surface area contributed by atoms with Gasteiger partial charge in [0.2, 0.25) is 0 Å². The van der Waals surface area contributed by atoms with Crippen molar-refractivity contribution in [3.05, 3.63) is 48.3 Å². The number of anilines is 1. The SMILES string of the molecule is Nc1ccc(-c2nc3c(F)cccc3s2)cc1. The molecule has 0 saturated heterocycles. The highest BCUT2D eigenvalue weighted by atomic mass is 32.1. The van der Waals surface area contributed by atoms with Crippen molar-refractivity contribution in [2.45, 2.75) is 0 Å². The number of nitrogens with zero attached hydrogens (tertiary/aromatic N) is 1. The van der Waals surface area contributed by atoms with Crippen LogP contribution in [-0.4, -0.2) is 4.98 Å². The van der Waals surface area contributed by atoms with Gasteiger partial charge in [0.15, 0.2) is 0 Å². The van der Waals surface area contributed by atoms with Crippen molar-refractivity contribution in [1.29, 1.82) is 0 Å². The zero-order valence-electron chi connectivity index (χ0n) is 8.85. The van der Waals surface area contributed by atoms with E-state index in [1.807, 2.05) is 30.3 Å². The summed E-state index contributed by atoms with van der Waals surface area (Å²) in [6.45, 7) is 0. The van der Waals surface area contributed by atoms with Gasteiger partial charge < -0.3 is 5.73 Å². The lowest BCUT2D eigenvalue weighted by molar-refractivity contribution is 0.637. The van der Waals surface area contributed by atoms with Crippen molar-refractivity contribution in [1.82, 2.24) is 4.98 Å². The lowest BCUT2D eigenvalue weighted by Crippen LogP contribution is -1.83. The first kappa shape index (κ1) is 10.2. The van der Waals surface area contributed by atoms with Gasteiger partial charge in [0.25, 0.3) is 0 Å². The fourth-order valence-corrected chi connectivity index (χ4v) is 2.65. The Morgan fingerprint density at radius 2 is 1.82 bits per heavy atom. The molecule has 0 unspecified atom stereocenters. The average molecular weight is 244 g/mol. The summed E-state index contributed by atoms with van der Waals surface area (Å²) in [5.41, 5.74) is 7.73. The highest BCUT2D eigenvalue weighted by molar-refractivity contribution is 7.21. The number of hydrogen-bond acceptors (Lipinski definition) is 3. The summed E-state index contributed by atoms with van der Waals surface area (Å²) in [7, 11) is 0. The first-order valence-corrected chi connectivity index (χ1v) is 5.96. The predicted molar refractivity (Wildman–Crippen MR) is 69.4 cm³/mol. The van der Waals surface area contributed by atoms with Gasteiger partial charge >= 0.3 is 0 Å². The molecule has 0 spiro atoms. The van der Waals surface area contributed by atoms with Crippen LogP contribution in [0.1, 0.15) is 0 Å². The van der Waals surface area contributed by atoms with Gasteiger partial charge in [-0.25, -0.2) is 9.37 Å². The molecule has 2 N–H and O–H groups in total. The maximum atomic E-state index is 13.5. The third kappa shape index (κ3) is 1.76. The van der Waals surface area contributed by atoms with Gasteiger partial charge in [-0.05, 0) is 36.4 Å². The topological polar surface area (TPSA) is 38.9 Å². The summed E-state index contributed by atoms with van der Waals surface area (Å²) in [6, 6.07) is 12.4. The first-order valence-electron chi connectivity index (χ1n) is 5.15. The zero-order chi connectivity index (χ0) is 11.8. The molecule has 0 atom stereocenters. The van der Waals surface area contributed by atoms with E-state index in [9.17, 15) is 4.39 Å². The molecule has 1 heterocycles. The lowest BCUT2D eigenvalue weighted by atomic mass is 10.2. The number of nitrogens with two attached hydrogens (primary N) is 1. The van der Waals surface area contributed by atoms with Crippen molar-refractivity contribution < 1.29 is 4.39 Å². The summed E-state index contributed by atoms with van der Waals surface area (Å²) >= 11 is 1.48. The van der Waals surface area contributed by atoms with Gasteiger partial charge in [-0.15, -0.1) is 11.3 Å². The van der Waals surface area contributed by atoms with Crippen LogP contribution < -0.4 is 5.73 Å². The van der Waals surface area contributed by atoms with Crippen LogP contribution in [0, 0.1) is 5.82 Å². The highest BCUT2D eigenvalue weighted by Crippen LogP contribution is 2.31. The second-order valence-electron chi connectivity index (χ2n) is 3.73. The fraction of sp³-hybridized carbons (Fsp3) is 0. The number of rotatable bonds is 1. The van der Waals surface area contributed by atoms with Crippen molar-refractivity contribution in [3.8, 4) is 10.6 Å². The molecule has 4 heteroatoms. The summed E-state index contributed by atoms with van der Waals surface area (Å²) in [5, 5.41) is 0.810. The van der Waals surface area contributed by atoms with Crippen LogP contribution in [0.15, 0.2) is 42.5 Å². The van der Waals surface area contributed by atoms with Crippen molar-refractivity contribution in [2.75, 3.05) is 5.73 Å². The van der Waals surface area contributed by atoms with Gasteiger partial charge in [0.1, 0.15) is 16.3 Å². The van der Waals surface area contributed by atoms with Gasteiger partial charge in [-0.1, -0.05) is 6.07 Å². The minimum atomic E-state index is -0.277. The van der Waals surface area contributed by atoms with Gasteiger partial charge in [-0.2, -0.15) is 0 Å². The molecule has 0 aliphatic rings. The van der Waals surface area contributed by atoms with Crippen molar-refractivity contribution in [3.63, 3.8) is 0 Å². The van der Waals surface area contributed by atoms with E-state index in [4.69, 9.17) is 5.73 Å². The lowest BCUT2D eigenvalue weighted by Gasteiger charge is -1.95. The molecule has 84 valence electrons. The quantitative estimate of drug-likeness (QED) is 0.663. The molecule has 0 amide bonds. The molecule has 0 fully saturated rings. The smallest absolute Gasteiger partial charge is 0.150 e. The van der Waals surface area contributed by atoms with E-state index in [2.05, 4.69) is 4.98 Å². The normalized spacial score (nSPS) is 10.9. The number of halogens is 1. The molecule has 0 bridgehead atoms. The molecule has 0 radical (unpaired) electrons. The molecular formula is C13H9FN2S. The number of thiazole rings is 1. The molecular weight excluding hydrogens is 235 g/mol. The monoisotopic (exact) mass is 244 g/mol. The van der Waals surface area contributed by atoms with Crippen molar-refractivity contribution >= 4 is 27.2 Å². The Morgan fingerprint density at radius 1 is 1.06 bits per heavy atom. The van der Waals surface area contributed by atoms with Gasteiger partial charge in [-0.3, -0.25) is 0 Å². The van der Waals surface area contributed by atoms with Crippen LogP contribution >= 0.6 is 11.3 Å². The molecule has 2 nitrogen and oxygen atoms in total. The molecule has 0 aliphatic carbocycles. The van der Waals surface area contributed by atoms with E-state index in [0.717, 1.165) is 15.3 Å². The number of nitrogen functional groups attached to an aromatic ring is 1. The van der Waals surface area contributed by atoms with E-state index in [1.54, 1.807) is 6.07 Å². The molecule has 2 aromatic carbocycles. The standard InChI is InChI=1S/C13H9FN2S/c14-10-2-1-3-11-12(10)16-13(17-11)8-4-6-9(15)7-5-8/h1-7H,15H2. The molecule has 17 heavy (non-hydrogen) atoms. The Balaban J connectivity index is 2.18. The van der Waals surface area contributed by atoms with E-state index >= 15 is 0 Å². The van der Waals surface area contributed by atoms with E-state index in [1.165, 1.54) is 17.4 Å². The van der Waals surface area contributed by atoms with Crippen molar-refractivity contribution in [2.24, 2.45) is 0 Å². The summed E-state index contributed by atoms with van der Waals surface area (Å²) < 4.78 is 14.4. The molecule has 1 aromatic heterocycles. The number of fused-ring (bicyclic) bond motifs is 1. The van der Waals surface area contributed by atoms with Crippen LogP contribution in [0.25, 0.3) is 20.8 Å². The molecule has 0 saturated carbocycles. The van der Waals surface area contributed by atoms with Crippen LogP contribution in [0.4, 0.5) is 10.1 Å². The predicted octanol–water partition coefficient (Wildman–Crippen LogP) is 3.68. The Labute approximate surface area is 102 Å². The largest absolute Gasteiger partial charge is 0.399 e. The Morgan fingerprint density at radius 3 is 2.53 bits per heavy atom. The fourth-order valence-electron chi connectivity index (χ4n) is 1.66. The molecule has 0 aliphatic heterocycles. The Kier molecular flexibility index (Phi) is 2.30. The van der Waals surface area contributed by atoms with Crippen LogP contribution in [0.3, 0.4) is 0 Å². The van der Waals surface area contributed by atoms with Crippen LogP contribution in [0.5, 0.6) is 0 Å². The summed E-state index contributed by atoms with van der Waals surface area (Å²) in [6.07, 6.45) is 0. The van der Waals surface area contributed by atoms with E-state index in [-0.39, 0.29) is 5.82 Å². The Hall–Kier alpha value is -1.94. The average Bonchev–Trinajstić information content (AvgIpc) is 2.75. The van der Waals surface area contributed by atoms with Crippen LogP contribution in [-0.2, 0) is 0 Å². The van der Waals surface area contributed by atoms with E-state index < -0.39 is 0 Å². The summed E-state index contributed by atoms with van der Waals surface area (Å²) in [4.78, 5) is 4.31. The highest BCUT2D eigenvalue weighted by Gasteiger charge is 2.08. The third-order valence-electron chi connectivity index (χ3n) is 2.53. The number of benzene rings is 2. The zero-order valence-corrected chi connectivity index (χ0v) is 9.67. The second kappa shape index (κ2) is 3.82. The maximum absolute atomic E-state index is 13.5. The summed E-state index contributed by atoms with van der Waals surface area (Å²) in [5.74, 6) is -0.277. The first-order chi connectivity index (χ1) is 8.24. The second-order valence-corrected chi connectivity index (χ2v) is 4.76. The minimum Gasteiger partial charge on any atom is -0.399 e. The van der Waals surface area contributed by atoms with Gasteiger partial charge in [0.05, 0.1) is 4.70 Å². The Bertz CT molecular complexity index is 673.